The van der Waals surface area contributed by atoms with Gasteiger partial charge in [-0.3, -0.25) is 9.59 Å². The van der Waals surface area contributed by atoms with Gasteiger partial charge in [-0.1, -0.05) is 48.5 Å². The lowest BCUT2D eigenvalue weighted by Gasteiger charge is -2.36. The van der Waals surface area contributed by atoms with Crippen LogP contribution in [0.1, 0.15) is 69.8 Å². The van der Waals surface area contributed by atoms with Crippen LogP contribution in [0.25, 0.3) is 0 Å². The summed E-state index contributed by atoms with van der Waals surface area (Å²) in [5, 5.41) is 15.7. The van der Waals surface area contributed by atoms with Gasteiger partial charge in [-0.05, 0) is 77.6 Å². The molecule has 0 aliphatic heterocycles. The Bertz CT molecular complexity index is 1100. The first-order chi connectivity index (χ1) is 17.6. The van der Waals surface area contributed by atoms with Crippen LogP contribution < -0.4 is 10.6 Å². The lowest BCUT2D eigenvalue weighted by molar-refractivity contribution is -0.143. The van der Waals surface area contributed by atoms with Crippen molar-refractivity contribution in [3.63, 3.8) is 0 Å². The zero-order valence-electron chi connectivity index (χ0n) is 23.9. The smallest absolute Gasteiger partial charge is 0.408 e. The Morgan fingerprint density at radius 3 is 2.13 bits per heavy atom. The maximum atomic E-state index is 14.2. The third-order valence-corrected chi connectivity index (χ3v) is 5.90. The Balaban J connectivity index is 2.58. The number of aliphatic hydroxyl groups is 1. The van der Waals surface area contributed by atoms with Crippen molar-refractivity contribution in [1.29, 1.82) is 0 Å². The van der Waals surface area contributed by atoms with E-state index in [1.807, 2.05) is 83.1 Å². The van der Waals surface area contributed by atoms with Crippen molar-refractivity contribution in [1.82, 2.24) is 15.5 Å². The van der Waals surface area contributed by atoms with Gasteiger partial charge in [-0.2, -0.15) is 0 Å². The number of carbonyl (C=O) groups excluding carboxylic acids is 3. The molecule has 8 heteroatoms. The molecule has 38 heavy (non-hydrogen) atoms. The minimum atomic E-state index is -1.03. The molecular weight excluding hydrogens is 482 g/mol. The standard InChI is InChI=1S/C30H43N3O5/c1-20-13-12-16-23(21(20)2)25(26(35)32-29(3,4)5)33(17-18-34)27(36)24(19-22-14-10-9-11-15-22)31-28(37)38-30(6,7)8/h9-16,24-25,34H,17-19H2,1-8H3,(H,31,37)(H,32,35). The van der Waals surface area contributed by atoms with Gasteiger partial charge in [0.25, 0.3) is 0 Å². The first kappa shape index (κ1) is 30.8. The monoisotopic (exact) mass is 525 g/mol. The van der Waals surface area contributed by atoms with Crippen LogP contribution in [0.2, 0.25) is 0 Å². The molecule has 208 valence electrons. The van der Waals surface area contributed by atoms with Crippen LogP contribution in [-0.2, 0) is 20.7 Å². The average molecular weight is 526 g/mol. The summed E-state index contributed by atoms with van der Waals surface area (Å²) in [5.74, 6) is -0.868. The number of hydrogen-bond acceptors (Lipinski definition) is 5. The van der Waals surface area contributed by atoms with E-state index in [1.165, 1.54) is 4.90 Å². The number of amides is 3. The predicted molar refractivity (Wildman–Crippen MR) is 149 cm³/mol. The third-order valence-electron chi connectivity index (χ3n) is 5.90. The van der Waals surface area contributed by atoms with E-state index in [2.05, 4.69) is 10.6 Å². The van der Waals surface area contributed by atoms with Crippen LogP contribution >= 0.6 is 0 Å². The van der Waals surface area contributed by atoms with Gasteiger partial charge >= 0.3 is 6.09 Å². The fourth-order valence-electron chi connectivity index (χ4n) is 4.13. The molecule has 0 aliphatic carbocycles. The van der Waals surface area contributed by atoms with Crippen LogP contribution in [0.3, 0.4) is 0 Å². The number of ether oxygens (including phenoxy) is 1. The highest BCUT2D eigenvalue weighted by Gasteiger charge is 2.38. The lowest BCUT2D eigenvalue weighted by Crippen LogP contribution is -2.56. The molecule has 2 atom stereocenters. The van der Waals surface area contributed by atoms with E-state index >= 15 is 0 Å². The van der Waals surface area contributed by atoms with Gasteiger partial charge in [0.05, 0.1) is 6.61 Å². The third kappa shape index (κ3) is 9.17. The molecule has 3 N–H and O–H groups in total. The highest BCUT2D eigenvalue weighted by Crippen LogP contribution is 2.28. The largest absolute Gasteiger partial charge is 0.444 e. The molecule has 0 saturated carbocycles. The van der Waals surface area contributed by atoms with E-state index in [9.17, 15) is 19.5 Å². The molecule has 2 rings (SSSR count). The van der Waals surface area contributed by atoms with Crippen molar-refractivity contribution < 1.29 is 24.2 Å². The number of benzene rings is 2. The van der Waals surface area contributed by atoms with Crippen molar-refractivity contribution >= 4 is 17.9 Å². The molecule has 0 aromatic heterocycles. The molecule has 0 heterocycles. The second-order valence-electron chi connectivity index (χ2n) is 11.6. The number of carbonyl (C=O) groups is 3. The number of nitrogens with zero attached hydrogens (tertiary/aromatic N) is 1. The van der Waals surface area contributed by atoms with Crippen molar-refractivity contribution in [2.75, 3.05) is 13.2 Å². The van der Waals surface area contributed by atoms with E-state index in [0.29, 0.717) is 5.56 Å². The highest BCUT2D eigenvalue weighted by atomic mass is 16.6. The van der Waals surface area contributed by atoms with Crippen LogP contribution in [0.5, 0.6) is 0 Å². The molecule has 0 radical (unpaired) electrons. The van der Waals surface area contributed by atoms with E-state index in [0.717, 1.165) is 16.7 Å². The van der Waals surface area contributed by atoms with Gasteiger partial charge in [0.1, 0.15) is 17.7 Å². The SMILES string of the molecule is Cc1cccc(C(C(=O)NC(C)(C)C)N(CCO)C(=O)C(Cc2ccccc2)NC(=O)OC(C)(C)C)c1C. The van der Waals surface area contributed by atoms with Crippen LogP contribution in [-0.4, -0.2) is 58.2 Å². The highest BCUT2D eigenvalue weighted by molar-refractivity contribution is 5.92. The Labute approximate surface area is 226 Å². The molecule has 2 aromatic carbocycles. The lowest BCUT2D eigenvalue weighted by atomic mass is 9.94. The van der Waals surface area contributed by atoms with Crippen LogP contribution in [0.15, 0.2) is 48.5 Å². The zero-order valence-corrected chi connectivity index (χ0v) is 23.9. The summed E-state index contributed by atoms with van der Waals surface area (Å²) in [7, 11) is 0. The first-order valence-electron chi connectivity index (χ1n) is 13.0. The topological polar surface area (TPSA) is 108 Å². The molecule has 0 bridgehead atoms. The van der Waals surface area contributed by atoms with Gasteiger partial charge in [0.15, 0.2) is 0 Å². The van der Waals surface area contributed by atoms with Gasteiger partial charge in [0.2, 0.25) is 11.8 Å². The molecule has 8 nitrogen and oxygen atoms in total. The maximum Gasteiger partial charge on any atom is 0.408 e. The van der Waals surface area contributed by atoms with Crippen molar-refractivity contribution in [3.05, 3.63) is 70.8 Å². The molecule has 0 aliphatic rings. The number of nitrogens with one attached hydrogen (secondary N) is 2. The fraction of sp³-hybridized carbons (Fsp3) is 0.500. The molecule has 3 amide bonds. The molecular formula is C30H43N3O5. The number of hydrogen-bond donors (Lipinski definition) is 3. The quantitative estimate of drug-likeness (QED) is 0.454. The van der Waals surface area contributed by atoms with E-state index in [1.54, 1.807) is 20.8 Å². The van der Waals surface area contributed by atoms with Crippen molar-refractivity contribution in [2.24, 2.45) is 0 Å². The number of alkyl carbamates (subject to hydrolysis) is 1. The normalized spacial score (nSPS) is 13.3. The fourth-order valence-corrected chi connectivity index (χ4v) is 4.13. The molecule has 2 aromatic rings. The summed E-state index contributed by atoms with van der Waals surface area (Å²) in [6.07, 6.45) is -0.556. The molecule has 0 fully saturated rings. The van der Waals surface area contributed by atoms with E-state index < -0.39 is 35.2 Å². The van der Waals surface area contributed by atoms with Gasteiger partial charge in [-0.25, -0.2) is 4.79 Å². The Morgan fingerprint density at radius 1 is 0.947 bits per heavy atom. The molecule has 0 spiro atoms. The minimum Gasteiger partial charge on any atom is -0.444 e. The summed E-state index contributed by atoms with van der Waals surface area (Å²) in [6, 6.07) is 12.9. The summed E-state index contributed by atoms with van der Waals surface area (Å²) in [4.78, 5) is 42.0. The van der Waals surface area contributed by atoms with E-state index in [4.69, 9.17) is 4.74 Å². The van der Waals surface area contributed by atoms with Crippen molar-refractivity contribution in [2.45, 2.75) is 85.0 Å². The van der Waals surface area contributed by atoms with Gasteiger partial charge in [-0.15, -0.1) is 0 Å². The second kappa shape index (κ2) is 12.9. The minimum absolute atomic E-state index is 0.101. The van der Waals surface area contributed by atoms with Crippen LogP contribution in [0, 0.1) is 13.8 Å². The number of aliphatic hydroxyl groups excluding tert-OH is 1. The summed E-state index contributed by atoms with van der Waals surface area (Å²) in [5.41, 5.74) is 2.01. The predicted octanol–water partition coefficient (Wildman–Crippen LogP) is 4.22. The molecule has 0 saturated heterocycles. The number of rotatable bonds is 9. The Hall–Kier alpha value is -3.39. The van der Waals surface area contributed by atoms with Gasteiger partial charge in [0, 0.05) is 18.5 Å². The zero-order chi connectivity index (χ0) is 28.7. The van der Waals surface area contributed by atoms with Gasteiger partial charge < -0.3 is 25.4 Å². The Kier molecular flexibility index (Phi) is 10.5. The number of aryl methyl sites for hydroxylation is 1. The maximum absolute atomic E-state index is 14.2. The Morgan fingerprint density at radius 2 is 1.58 bits per heavy atom. The molecule has 2 unspecified atom stereocenters. The average Bonchev–Trinajstić information content (AvgIpc) is 2.79. The summed E-state index contributed by atoms with van der Waals surface area (Å²) < 4.78 is 5.44. The van der Waals surface area contributed by atoms with Crippen LogP contribution in [0.4, 0.5) is 4.79 Å². The van der Waals surface area contributed by atoms with Crippen molar-refractivity contribution in [3.8, 4) is 0 Å². The second-order valence-corrected chi connectivity index (χ2v) is 11.6. The van der Waals surface area contributed by atoms with E-state index in [-0.39, 0.29) is 25.5 Å². The first-order valence-corrected chi connectivity index (χ1v) is 13.0. The summed E-state index contributed by atoms with van der Waals surface area (Å²) >= 11 is 0. The summed E-state index contributed by atoms with van der Waals surface area (Å²) in [6.45, 7) is 14.2.